The number of Topliss-reactive ketones (excluding diaryl/α,β-unsaturated/α-hetero) is 2. The summed E-state index contributed by atoms with van der Waals surface area (Å²) in [7, 11) is 0. The maximum atomic E-state index is 11.7. The molecule has 0 heterocycles. The van der Waals surface area contributed by atoms with E-state index in [1.54, 1.807) is 24.3 Å². The molecule has 4 heteroatoms. The Labute approximate surface area is 98.0 Å². The van der Waals surface area contributed by atoms with Crippen molar-refractivity contribution >= 4 is 43.4 Å². The van der Waals surface area contributed by atoms with Crippen LogP contribution in [-0.4, -0.2) is 11.6 Å². The van der Waals surface area contributed by atoms with Crippen molar-refractivity contribution in [2.75, 3.05) is 0 Å². The smallest absolute Gasteiger partial charge is 0.178 e. The normalized spacial score (nSPS) is 31.0. The lowest BCUT2D eigenvalue weighted by Gasteiger charge is -2.26. The Bertz CT molecular complexity index is 366. The van der Waals surface area contributed by atoms with E-state index in [1.165, 1.54) is 0 Å². The Kier molecular flexibility index (Phi) is 2.58. The van der Waals surface area contributed by atoms with Crippen LogP contribution in [0.3, 0.4) is 0 Å². The molecule has 0 unspecified atom stereocenters. The topological polar surface area (TPSA) is 34.1 Å². The minimum Gasteiger partial charge on any atom is -0.293 e. The highest BCUT2D eigenvalue weighted by molar-refractivity contribution is 9.14. The first kappa shape index (κ1) is 10.1. The van der Waals surface area contributed by atoms with Crippen molar-refractivity contribution in [3.05, 3.63) is 33.3 Å². The van der Waals surface area contributed by atoms with Crippen molar-refractivity contribution in [1.29, 1.82) is 0 Å². The van der Waals surface area contributed by atoms with E-state index >= 15 is 0 Å². The average Bonchev–Trinajstić information content (AvgIpc) is 2.23. The Morgan fingerprint density at radius 3 is 1.57 bits per heavy atom. The van der Waals surface area contributed by atoms with Crippen molar-refractivity contribution in [3.63, 3.8) is 0 Å². The number of hydrogen-bond acceptors (Lipinski definition) is 2. The molecule has 0 amide bonds. The molecule has 2 nitrogen and oxygen atoms in total. The number of ketones is 2. The van der Waals surface area contributed by atoms with Crippen molar-refractivity contribution < 1.29 is 9.59 Å². The molecule has 0 radical (unpaired) electrons. The highest BCUT2D eigenvalue weighted by Crippen LogP contribution is 2.37. The van der Waals surface area contributed by atoms with Gasteiger partial charge in [-0.05, 0) is 31.9 Å². The van der Waals surface area contributed by atoms with E-state index in [1.807, 2.05) is 0 Å². The molecule has 14 heavy (non-hydrogen) atoms. The predicted octanol–water partition coefficient (Wildman–Crippen LogP) is 2.50. The first-order chi connectivity index (χ1) is 6.63. The van der Waals surface area contributed by atoms with Crippen molar-refractivity contribution in [2.24, 2.45) is 11.8 Å². The van der Waals surface area contributed by atoms with Crippen LogP contribution in [0.25, 0.3) is 0 Å². The third kappa shape index (κ3) is 1.37. The third-order valence-corrected chi connectivity index (χ3v) is 4.47. The lowest BCUT2D eigenvalue weighted by molar-refractivity contribution is -0.126. The van der Waals surface area contributed by atoms with Gasteiger partial charge in [0.2, 0.25) is 0 Å². The quantitative estimate of drug-likeness (QED) is 0.688. The van der Waals surface area contributed by atoms with Crippen LogP contribution < -0.4 is 0 Å². The zero-order valence-electron chi connectivity index (χ0n) is 7.04. The van der Waals surface area contributed by atoms with Gasteiger partial charge in [0.1, 0.15) is 0 Å². The molecule has 0 aromatic heterocycles. The second-order valence-electron chi connectivity index (χ2n) is 3.18. The molecular formula is C10H6Br2O2. The van der Waals surface area contributed by atoms with E-state index in [-0.39, 0.29) is 23.4 Å². The van der Waals surface area contributed by atoms with Crippen LogP contribution in [0, 0.1) is 11.8 Å². The summed E-state index contributed by atoms with van der Waals surface area (Å²) in [4.78, 5) is 23.5. The molecule has 0 N–H and O–H groups in total. The Morgan fingerprint density at radius 1 is 0.857 bits per heavy atom. The van der Waals surface area contributed by atoms with Gasteiger partial charge in [0.05, 0.1) is 20.8 Å². The van der Waals surface area contributed by atoms with Crippen molar-refractivity contribution in [2.45, 2.75) is 0 Å². The first-order valence-corrected chi connectivity index (χ1v) is 5.70. The summed E-state index contributed by atoms with van der Waals surface area (Å²) in [5.41, 5.74) is 0. The van der Waals surface area contributed by atoms with Gasteiger partial charge in [0.25, 0.3) is 0 Å². The highest BCUT2D eigenvalue weighted by atomic mass is 79.9. The van der Waals surface area contributed by atoms with Crippen LogP contribution in [0.1, 0.15) is 0 Å². The van der Waals surface area contributed by atoms with Gasteiger partial charge in [-0.3, -0.25) is 9.59 Å². The van der Waals surface area contributed by atoms with Gasteiger partial charge >= 0.3 is 0 Å². The zero-order chi connectivity index (χ0) is 10.3. The van der Waals surface area contributed by atoms with E-state index in [9.17, 15) is 9.59 Å². The van der Waals surface area contributed by atoms with Gasteiger partial charge < -0.3 is 0 Å². The van der Waals surface area contributed by atoms with E-state index in [0.717, 1.165) is 0 Å². The number of carbonyl (C=O) groups is 2. The summed E-state index contributed by atoms with van der Waals surface area (Å²) in [6.07, 6.45) is 7.13. The van der Waals surface area contributed by atoms with Crippen LogP contribution in [0.2, 0.25) is 0 Å². The first-order valence-electron chi connectivity index (χ1n) is 4.11. The SMILES string of the molecule is O=C1C(Br)=C(Br)C(=O)[C@H]2C=CC=C[C@H]12. The second-order valence-corrected chi connectivity index (χ2v) is 4.76. The second kappa shape index (κ2) is 3.59. The van der Waals surface area contributed by atoms with Crippen LogP contribution >= 0.6 is 31.9 Å². The number of halogens is 2. The summed E-state index contributed by atoms with van der Waals surface area (Å²) < 4.78 is 0.701. The lowest BCUT2D eigenvalue weighted by Crippen LogP contribution is -2.33. The minimum absolute atomic E-state index is 0.0397. The molecule has 0 aliphatic heterocycles. The van der Waals surface area contributed by atoms with Crippen molar-refractivity contribution in [3.8, 4) is 0 Å². The van der Waals surface area contributed by atoms with Crippen LogP contribution in [0.4, 0.5) is 0 Å². The molecule has 0 spiro atoms. The van der Waals surface area contributed by atoms with Gasteiger partial charge in [-0.2, -0.15) is 0 Å². The maximum Gasteiger partial charge on any atom is 0.178 e. The van der Waals surface area contributed by atoms with E-state index in [4.69, 9.17) is 0 Å². The zero-order valence-corrected chi connectivity index (χ0v) is 10.2. The number of fused-ring (bicyclic) bond motifs is 1. The monoisotopic (exact) mass is 316 g/mol. The fraction of sp³-hybridized carbons (Fsp3) is 0.200. The molecule has 0 fully saturated rings. The number of allylic oxidation sites excluding steroid dienone is 6. The third-order valence-electron chi connectivity index (χ3n) is 2.37. The maximum absolute atomic E-state index is 11.7. The van der Waals surface area contributed by atoms with Gasteiger partial charge in [-0.1, -0.05) is 24.3 Å². The van der Waals surface area contributed by atoms with Crippen LogP contribution in [0.5, 0.6) is 0 Å². The standard InChI is InChI=1S/C10H6Br2O2/c11-7-8(12)10(14)6-4-2-1-3-5(6)9(7)13/h1-6H/t5-,6-/m0/s1. The van der Waals surface area contributed by atoms with E-state index < -0.39 is 0 Å². The molecular weight excluding hydrogens is 312 g/mol. The Morgan fingerprint density at radius 2 is 1.21 bits per heavy atom. The average molecular weight is 318 g/mol. The molecule has 0 aromatic rings. The number of carbonyl (C=O) groups excluding carboxylic acids is 2. The van der Waals surface area contributed by atoms with Gasteiger partial charge in [0.15, 0.2) is 11.6 Å². The molecule has 2 atom stereocenters. The number of rotatable bonds is 0. The summed E-state index contributed by atoms with van der Waals surface area (Å²) in [5.74, 6) is -0.740. The lowest BCUT2D eigenvalue weighted by atomic mass is 9.79. The molecule has 0 saturated heterocycles. The van der Waals surface area contributed by atoms with Gasteiger partial charge in [-0.15, -0.1) is 0 Å². The molecule has 2 aliphatic carbocycles. The molecule has 2 rings (SSSR count). The van der Waals surface area contributed by atoms with Gasteiger partial charge in [0, 0.05) is 0 Å². The number of hydrogen-bond donors (Lipinski definition) is 0. The summed E-state index contributed by atoms with van der Waals surface area (Å²) in [6.45, 7) is 0. The summed E-state index contributed by atoms with van der Waals surface area (Å²) in [5, 5.41) is 0. The predicted molar refractivity (Wildman–Crippen MR) is 60.2 cm³/mol. The molecule has 0 aromatic carbocycles. The Hall–Kier alpha value is -0.480. The summed E-state index contributed by atoms with van der Waals surface area (Å²) in [6, 6.07) is 0. The fourth-order valence-corrected chi connectivity index (χ4v) is 2.54. The van der Waals surface area contributed by atoms with Gasteiger partial charge in [-0.25, -0.2) is 0 Å². The minimum atomic E-state index is -0.330. The van der Waals surface area contributed by atoms with Crippen molar-refractivity contribution in [1.82, 2.24) is 0 Å². The van der Waals surface area contributed by atoms with E-state index in [2.05, 4.69) is 31.9 Å². The Balaban J connectivity index is 2.52. The summed E-state index contributed by atoms with van der Waals surface area (Å²) >= 11 is 6.25. The van der Waals surface area contributed by atoms with Crippen LogP contribution in [0.15, 0.2) is 33.3 Å². The molecule has 2 aliphatic rings. The molecule has 0 saturated carbocycles. The largest absolute Gasteiger partial charge is 0.293 e. The van der Waals surface area contributed by atoms with E-state index in [0.29, 0.717) is 8.96 Å². The molecule has 72 valence electrons. The fourth-order valence-electron chi connectivity index (χ4n) is 1.62. The molecule has 0 bridgehead atoms. The van der Waals surface area contributed by atoms with Crippen LogP contribution in [-0.2, 0) is 9.59 Å². The highest BCUT2D eigenvalue weighted by Gasteiger charge is 2.39.